The minimum absolute atomic E-state index is 0.233. The Morgan fingerprint density at radius 1 is 1.05 bits per heavy atom. The first-order chi connectivity index (χ1) is 10.2. The summed E-state index contributed by atoms with van der Waals surface area (Å²) < 4.78 is 7.82. The fourth-order valence-corrected chi connectivity index (χ4v) is 3.24. The summed E-state index contributed by atoms with van der Waals surface area (Å²) in [5.74, 6) is -0.233. The van der Waals surface area contributed by atoms with E-state index in [4.69, 9.17) is 4.74 Å². The minimum atomic E-state index is -0.306. The first-order valence-electron chi connectivity index (χ1n) is 7.02. The average molecular weight is 277 g/mol. The van der Waals surface area contributed by atoms with Gasteiger partial charge in [-0.1, -0.05) is 36.4 Å². The predicted molar refractivity (Wildman–Crippen MR) is 81.4 cm³/mol. The Labute approximate surface area is 122 Å². The third-order valence-corrected chi connectivity index (χ3v) is 4.40. The standard InChI is InChI=1S/C18H15NO2/c1-11-16(14-9-5-6-10-15(14)19(11)2)17-12-7-3-4-8-13(12)18(20)21-17/h3-10,17H,1-2H3/t17-/m0/s1. The molecule has 0 radical (unpaired) electrons. The van der Waals surface area contributed by atoms with Gasteiger partial charge < -0.3 is 9.30 Å². The van der Waals surface area contributed by atoms with E-state index in [1.54, 1.807) is 0 Å². The Balaban J connectivity index is 2.01. The van der Waals surface area contributed by atoms with Crippen LogP contribution >= 0.6 is 0 Å². The van der Waals surface area contributed by atoms with Gasteiger partial charge in [-0.15, -0.1) is 0 Å². The van der Waals surface area contributed by atoms with E-state index in [1.807, 2.05) is 43.4 Å². The number of esters is 1. The summed E-state index contributed by atoms with van der Waals surface area (Å²) in [4.78, 5) is 12.1. The number of fused-ring (bicyclic) bond motifs is 2. The largest absolute Gasteiger partial charge is 0.449 e. The van der Waals surface area contributed by atoms with Crippen LogP contribution in [0.1, 0.15) is 33.3 Å². The molecule has 1 aliphatic heterocycles. The van der Waals surface area contributed by atoms with E-state index in [2.05, 4.69) is 23.6 Å². The van der Waals surface area contributed by atoms with Crippen LogP contribution in [0.15, 0.2) is 48.5 Å². The van der Waals surface area contributed by atoms with E-state index in [1.165, 1.54) is 0 Å². The second-order valence-electron chi connectivity index (χ2n) is 5.45. The Kier molecular flexibility index (Phi) is 2.45. The van der Waals surface area contributed by atoms with E-state index in [9.17, 15) is 4.79 Å². The van der Waals surface area contributed by atoms with Crippen molar-refractivity contribution in [1.29, 1.82) is 0 Å². The van der Waals surface area contributed by atoms with Gasteiger partial charge in [-0.2, -0.15) is 0 Å². The van der Waals surface area contributed by atoms with Crippen LogP contribution in [0.5, 0.6) is 0 Å². The monoisotopic (exact) mass is 277 g/mol. The van der Waals surface area contributed by atoms with Gasteiger partial charge in [0, 0.05) is 34.8 Å². The summed E-state index contributed by atoms with van der Waals surface area (Å²) in [5, 5.41) is 1.15. The lowest BCUT2D eigenvalue weighted by molar-refractivity contribution is 0.0457. The van der Waals surface area contributed by atoms with Gasteiger partial charge in [-0.3, -0.25) is 0 Å². The highest BCUT2D eigenvalue weighted by Crippen LogP contribution is 2.41. The second kappa shape index (κ2) is 4.22. The molecule has 4 rings (SSSR count). The van der Waals surface area contributed by atoms with E-state index < -0.39 is 0 Å². The number of rotatable bonds is 1. The predicted octanol–water partition coefficient (Wildman–Crippen LogP) is 3.75. The molecule has 1 aliphatic rings. The fourth-order valence-electron chi connectivity index (χ4n) is 3.24. The molecule has 104 valence electrons. The van der Waals surface area contributed by atoms with Crippen molar-refractivity contribution < 1.29 is 9.53 Å². The molecule has 3 aromatic rings. The van der Waals surface area contributed by atoms with Crippen molar-refractivity contribution in [1.82, 2.24) is 4.57 Å². The lowest BCUT2D eigenvalue weighted by atomic mass is 9.97. The van der Waals surface area contributed by atoms with Crippen molar-refractivity contribution >= 4 is 16.9 Å². The summed E-state index contributed by atoms with van der Waals surface area (Å²) >= 11 is 0. The molecule has 0 saturated heterocycles. The highest BCUT2D eigenvalue weighted by Gasteiger charge is 2.34. The van der Waals surface area contributed by atoms with Crippen LogP contribution in [-0.4, -0.2) is 10.5 Å². The molecular formula is C18H15NO2. The number of hydrogen-bond acceptors (Lipinski definition) is 2. The zero-order valence-electron chi connectivity index (χ0n) is 12.0. The van der Waals surface area contributed by atoms with Crippen molar-refractivity contribution in [2.75, 3.05) is 0 Å². The van der Waals surface area contributed by atoms with Gasteiger partial charge in [0.05, 0.1) is 5.56 Å². The lowest BCUT2D eigenvalue weighted by Gasteiger charge is -2.12. The molecule has 0 fully saturated rings. The van der Waals surface area contributed by atoms with Crippen molar-refractivity contribution in [2.24, 2.45) is 7.05 Å². The molecule has 3 nitrogen and oxygen atoms in total. The summed E-state index contributed by atoms with van der Waals surface area (Å²) in [6, 6.07) is 15.9. The normalized spacial score (nSPS) is 17.0. The van der Waals surface area contributed by atoms with Gasteiger partial charge in [0.1, 0.15) is 0 Å². The highest BCUT2D eigenvalue weighted by molar-refractivity contribution is 5.96. The minimum Gasteiger partial charge on any atom is -0.449 e. The molecule has 3 heteroatoms. The molecule has 0 spiro atoms. The smallest absolute Gasteiger partial charge is 0.339 e. The van der Waals surface area contributed by atoms with Gasteiger partial charge in [-0.05, 0) is 19.1 Å². The van der Waals surface area contributed by atoms with Gasteiger partial charge in [0.25, 0.3) is 0 Å². The van der Waals surface area contributed by atoms with E-state index in [-0.39, 0.29) is 12.1 Å². The van der Waals surface area contributed by atoms with Crippen LogP contribution < -0.4 is 0 Å². The number of carbonyl (C=O) groups excluding carboxylic acids is 1. The third-order valence-electron chi connectivity index (χ3n) is 4.40. The second-order valence-corrected chi connectivity index (χ2v) is 5.45. The van der Waals surface area contributed by atoms with Gasteiger partial charge in [0.15, 0.2) is 6.10 Å². The van der Waals surface area contributed by atoms with Crippen LogP contribution in [0.25, 0.3) is 10.9 Å². The fraction of sp³-hybridized carbons (Fsp3) is 0.167. The maximum Gasteiger partial charge on any atom is 0.339 e. The van der Waals surface area contributed by atoms with Gasteiger partial charge >= 0.3 is 5.97 Å². The molecule has 1 aromatic heterocycles. The number of para-hydroxylation sites is 1. The summed E-state index contributed by atoms with van der Waals surface area (Å²) in [7, 11) is 2.05. The van der Waals surface area contributed by atoms with Crippen LogP contribution in [0.3, 0.4) is 0 Å². The number of cyclic esters (lactones) is 1. The van der Waals surface area contributed by atoms with Crippen LogP contribution in [0.4, 0.5) is 0 Å². The molecule has 0 saturated carbocycles. The zero-order chi connectivity index (χ0) is 14.6. The number of aromatic nitrogens is 1. The van der Waals surface area contributed by atoms with Crippen LogP contribution in [-0.2, 0) is 11.8 Å². The van der Waals surface area contributed by atoms with E-state index in [0.29, 0.717) is 5.56 Å². The molecule has 0 N–H and O–H groups in total. The topological polar surface area (TPSA) is 31.2 Å². The quantitative estimate of drug-likeness (QED) is 0.634. The third kappa shape index (κ3) is 1.57. The number of hydrogen-bond donors (Lipinski definition) is 0. The summed E-state index contributed by atoms with van der Waals surface area (Å²) in [5.41, 5.74) is 5.01. The highest BCUT2D eigenvalue weighted by atomic mass is 16.5. The van der Waals surface area contributed by atoms with Crippen molar-refractivity contribution in [2.45, 2.75) is 13.0 Å². The van der Waals surface area contributed by atoms with Crippen molar-refractivity contribution in [3.8, 4) is 0 Å². The first-order valence-corrected chi connectivity index (χ1v) is 7.02. The Morgan fingerprint density at radius 3 is 2.62 bits per heavy atom. The number of nitrogens with zero attached hydrogens (tertiary/aromatic N) is 1. The van der Waals surface area contributed by atoms with Crippen LogP contribution in [0.2, 0.25) is 0 Å². The average Bonchev–Trinajstić information content (AvgIpc) is 2.97. The lowest BCUT2D eigenvalue weighted by Crippen LogP contribution is -2.03. The van der Waals surface area contributed by atoms with Crippen LogP contribution in [0, 0.1) is 6.92 Å². The zero-order valence-corrected chi connectivity index (χ0v) is 12.0. The molecule has 21 heavy (non-hydrogen) atoms. The van der Waals surface area contributed by atoms with Gasteiger partial charge in [0.2, 0.25) is 0 Å². The molecular weight excluding hydrogens is 262 g/mol. The molecule has 0 amide bonds. The molecule has 2 aromatic carbocycles. The Hall–Kier alpha value is -2.55. The molecule has 2 heterocycles. The molecule has 0 bridgehead atoms. The number of aryl methyl sites for hydroxylation is 1. The summed E-state index contributed by atoms with van der Waals surface area (Å²) in [6.45, 7) is 2.07. The van der Waals surface area contributed by atoms with Gasteiger partial charge in [-0.25, -0.2) is 4.79 Å². The van der Waals surface area contributed by atoms with Crippen molar-refractivity contribution in [3.63, 3.8) is 0 Å². The van der Waals surface area contributed by atoms with E-state index in [0.717, 1.165) is 27.7 Å². The maximum absolute atomic E-state index is 12.1. The Bertz CT molecular complexity index is 876. The summed E-state index contributed by atoms with van der Waals surface area (Å²) in [6.07, 6.45) is -0.306. The SMILES string of the molecule is Cc1c([C@H]2OC(=O)c3ccccc32)c2ccccc2n1C. The number of benzene rings is 2. The molecule has 0 aliphatic carbocycles. The Morgan fingerprint density at radius 2 is 1.76 bits per heavy atom. The number of ether oxygens (including phenoxy) is 1. The maximum atomic E-state index is 12.1. The molecule has 1 atom stereocenters. The molecule has 0 unspecified atom stereocenters. The number of carbonyl (C=O) groups is 1. The van der Waals surface area contributed by atoms with Crippen molar-refractivity contribution in [3.05, 3.63) is 70.9 Å². The van der Waals surface area contributed by atoms with E-state index >= 15 is 0 Å². The first kappa shape index (κ1) is 12.2.